The Morgan fingerprint density at radius 3 is 2.36 bits per heavy atom. The van der Waals surface area contributed by atoms with Gasteiger partial charge < -0.3 is 4.57 Å². The predicted octanol–water partition coefficient (Wildman–Crippen LogP) is 7.43. The lowest BCUT2D eigenvalue weighted by atomic mass is 10.0. The van der Waals surface area contributed by atoms with Crippen LogP contribution in [0.25, 0.3) is 11.0 Å². The smallest absolute Gasteiger partial charge is 0.254 e. The first kappa shape index (κ1) is 28.6. The molecule has 5 rings (SSSR count). The van der Waals surface area contributed by atoms with Crippen molar-refractivity contribution in [1.82, 2.24) is 18.8 Å². The molecule has 0 bridgehead atoms. The molecule has 0 saturated carbocycles. The molecule has 39 heavy (non-hydrogen) atoms. The van der Waals surface area contributed by atoms with Gasteiger partial charge in [-0.2, -0.15) is 4.31 Å². The summed E-state index contributed by atoms with van der Waals surface area (Å²) in [4.78, 5) is 7.46. The molecule has 0 radical (unpaired) electrons. The van der Waals surface area contributed by atoms with Crippen LogP contribution in [0.15, 0.2) is 58.8 Å². The monoisotopic (exact) mass is 604 g/mol. The number of hydrogen-bond acceptors (Lipinski definition) is 5. The minimum atomic E-state index is -3.86. The van der Waals surface area contributed by atoms with Gasteiger partial charge in [0.25, 0.3) is 10.0 Å². The van der Waals surface area contributed by atoms with E-state index in [9.17, 15) is 8.42 Å². The Kier molecular flexibility index (Phi) is 9.31. The molecule has 1 aliphatic heterocycles. The summed E-state index contributed by atoms with van der Waals surface area (Å²) in [6.07, 6.45) is 5.41. The number of likely N-dealkylation sites (tertiary alicyclic amines) is 1. The standard InChI is InChI=1S/C29H34Cl2N4O2S2/c1-2-3-17-34(39(36,37)29-24(30)18-27(31)38-29)21-28-32-25-13-7-8-14-26(25)35(28)20-23-12-6-5-11-22(23)19-33-15-9-4-10-16-33/h5-8,11-14,18H,2-4,9-10,15-17,19-21H2,1H3. The van der Waals surface area contributed by atoms with Crippen molar-refractivity contribution in [1.29, 1.82) is 0 Å². The van der Waals surface area contributed by atoms with E-state index in [0.29, 0.717) is 23.3 Å². The number of aromatic nitrogens is 2. The van der Waals surface area contributed by atoms with Crippen molar-refractivity contribution in [3.05, 3.63) is 80.9 Å². The summed E-state index contributed by atoms with van der Waals surface area (Å²) in [5.41, 5.74) is 4.37. The number of hydrogen-bond donors (Lipinski definition) is 0. The van der Waals surface area contributed by atoms with Crippen molar-refractivity contribution in [3.63, 3.8) is 0 Å². The molecule has 0 N–H and O–H groups in total. The maximum absolute atomic E-state index is 13.8. The molecule has 10 heteroatoms. The van der Waals surface area contributed by atoms with Crippen LogP contribution in [0, 0.1) is 0 Å². The lowest BCUT2D eigenvalue weighted by Crippen LogP contribution is -2.32. The van der Waals surface area contributed by atoms with Crippen molar-refractivity contribution in [2.45, 2.75) is 62.9 Å². The number of unbranched alkanes of at least 4 members (excludes halogenated alkanes) is 1. The lowest BCUT2D eigenvalue weighted by Gasteiger charge is -2.27. The average molecular weight is 606 g/mol. The Morgan fingerprint density at radius 2 is 1.67 bits per heavy atom. The SMILES string of the molecule is CCCCN(Cc1nc2ccccc2n1Cc1ccccc1CN1CCCCC1)S(=O)(=O)c1sc(Cl)cc1Cl. The molecule has 0 amide bonds. The zero-order chi connectivity index (χ0) is 27.4. The van der Waals surface area contributed by atoms with Crippen molar-refractivity contribution in [3.8, 4) is 0 Å². The molecular formula is C29H34Cl2N4O2S2. The third-order valence-corrected chi connectivity index (χ3v) is 11.4. The topological polar surface area (TPSA) is 58.4 Å². The maximum atomic E-state index is 13.8. The molecule has 4 aromatic rings. The molecule has 0 spiro atoms. The number of sulfonamides is 1. The molecule has 0 atom stereocenters. The van der Waals surface area contributed by atoms with Crippen molar-refractivity contribution in [2.24, 2.45) is 0 Å². The van der Waals surface area contributed by atoms with E-state index in [1.807, 2.05) is 25.1 Å². The van der Waals surface area contributed by atoms with Crippen LogP contribution in [-0.2, 0) is 29.7 Å². The van der Waals surface area contributed by atoms with Crippen LogP contribution in [0.2, 0.25) is 9.36 Å². The summed E-state index contributed by atoms with van der Waals surface area (Å²) in [5.74, 6) is 0.711. The van der Waals surface area contributed by atoms with E-state index >= 15 is 0 Å². The first-order chi connectivity index (χ1) is 18.9. The number of thiophene rings is 1. The average Bonchev–Trinajstić information content (AvgIpc) is 3.46. The molecule has 3 heterocycles. The molecule has 2 aromatic carbocycles. The molecule has 1 saturated heterocycles. The van der Waals surface area contributed by atoms with Gasteiger partial charge in [-0.15, -0.1) is 11.3 Å². The van der Waals surface area contributed by atoms with Gasteiger partial charge in [0.2, 0.25) is 0 Å². The highest BCUT2D eigenvalue weighted by atomic mass is 35.5. The van der Waals surface area contributed by atoms with Gasteiger partial charge in [0.05, 0.1) is 26.9 Å². The lowest BCUT2D eigenvalue weighted by molar-refractivity contribution is 0.220. The van der Waals surface area contributed by atoms with Gasteiger partial charge in [0.1, 0.15) is 5.82 Å². The van der Waals surface area contributed by atoms with E-state index in [2.05, 4.69) is 39.8 Å². The number of nitrogens with zero attached hydrogens (tertiary/aromatic N) is 4. The predicted molar refractivity (Wildman–Crippen MR) is 161 cm³/mol. The molecule has 0 unspecified atom stereocenters. The molecular weight excluding hydrogens is 571 g/mol. The highest BCUT2D eigenvalue weighted by molar-refractivity contribution is 7.91. The van der Waals surface area contributed by atoms with Gasteiger partial charge >= 0.3 is 0 Å². The number of benzene rings is 2. The van der Waals surface area contributed by atoms with Crippen molar-refractivity contribution in [2.75, 3.05) is 19.6 Å². The van der Waals surface area contributed by atoms with Crippen LogP contribution in [0.5, 0.6) is 0 Å². The van der Waals surface area contributed by atoms with Crippen LogP contribution in [0.3, 0.4) is 0 Å². The fourth-order valence-electron chi connectivity index (χ4n) is 5.21. The fraction of sp³-hybridized carbons (Fsp3) is 0.414. The minimum Gasteiger partial charge on any atom is -0.322 e. The zero-order valence-electron chi connectivity index (χ0n) is 22.2. The van der Waals surface area contributed by atoms with Crippen LogP contribution in [0.1, 0.15) is 56.0 Å². The van der Waals surface area contributed by atoms with E-state index < -0.39 is 10.0 Å². The Hall–Kier alpha value is -1.94. The van der Waals surface area contributed by atoms with Gasteiger partial charge in [0, 0.05) is 19.6 Å². The fourth-order valence-corrected chi connectivity index (χ4v) is 9.04. The van der Waals surface area contributed by atoms with Crippen molar-refractivity contribution < 1.29 is 8.42 Å². The molecule has 6 nitrogen and oxygen atoms in total. The number of para-hydroxylation sites is 2. The second-order valence-corrected chi connectivity index (χ2v) is 14.3. The highest BCUT2D eigenvalue weighted by Crippen LogP contribution is 2.36. The van der Waals surface area contributed by atoms with Crippen LogP contribution in [0.4, 0.5) is 0 Å². The molecule has 1 fully saturated rings. The summed E-state index contributed by atoms with van der Waals surface area (Å²) in [7, 11) is -3.86. The van der Waals surface area contributed by atoms with Gasteiger partial charge in [-0.05, 0) is 61.7 Å². The largest absolute Gasteiger partial charge is 0.322 e. The Bertz CT molecular complexity index is 1530. The van der Waals surface area contributed by atoms with E-state index in [1.165, 1.54) is 40.8 Å². The van der Waals surface area contributed by atoms with E-state index in [-0.39, 0.29) is 15.8 Å². The van der Waals surface area contributed by atoms with Crippen LogP contribution in [-0.4, -0.2) is 46.8 Å². The van der Waals surface area contributed by atoms with Gasteiger partial charge in [-0.3, -0.25) is 4.90 Å². The summed E-state index contributed by atoms with van der Waals surface area (Å²) in [5, 5.41) is 0.159. The first-order valence-corrected chi connectivity index (χ1v) is 16.6. The van der Waals surface area contributed by atoms with Crippen LogP contribution >= 0.6 is 34.5 Å². The zero-order valence-corrected chi connectivity index (χ0v) is 25.3. The quantitative estimate of drug-likeness (QED) is 0.179. The summed E-state index contributed by atoms with van der Waals surface area (Å²) < 4.78 is 31.7. The normalized spacial score (nSPS) is 15.0. The molecule has 0 aliphatic carbocycles. The first-order valence-electron chi connectivity index (χ1n) is 13.5. The second kappa shape index (κ2) is 12.7. The van der Waals surface area contributed by atoms with Gasteiger partial charge in [-0.25, -0.2) is 13.4 Å². The van der Waals surface area contributed by atoms with Crippen LogP contribution < -0.4 is 0 Å². The number of halogens is 2. The third kappa shape index (κ3) is 6.53. The number of imidazole rings is 1. The molecule has 2 aromatic heterocycles. The molecule has 208 valence electrons. The Balaban J connectivity index is 1.51. The molecule has 1 aliphatic rings. The van der Waals surface area contributed by atoms with Gasteiger partial charge in [-0.1, -0.05) is 79.4 Å². The summed E-state index contributed by atoms with van der Waals surface area (Å²) in [6, 6.07) is 18.1. The van der Waals surface area contributed by atoms with E-state index in [4.69, 9.17) is 28.2 Å². The Labute approximate surface area is 245 Å². The second-order valence-electron chi connectivity index (χ2n) is 10.1. The number of rotatable bonds is 11. The maximum Gasteiger partial charge on any atom is 0.254 e. The van der Waals surface area contributed by atoms with Crippen molar-refractivity contribution >= 4 is 55.6 Å². The highest BCUT2D eigenvalue weighted by Gasteiger charge is 2.30. The number of piperidine rings is 1. The number of fused-ring (bicyclic) bond motifs is 1. The minimum absolute atomic E-state index is 0.0832. The van der Waals surface area contributed by atoms with E-state index in [0.717, 1.165) is 54.8 Å². The summed E-state index contributed by atoms with van der Waals surface area (Å²) in [6.45, 7) is 6.38. The van der Waals surface area contributed by atoms with E-state index in [1.54, 1.807) is 0 Å². The Morgan fingerprint density at radius 1 is 0.974 bits per heavy atom. The van der Waals surface area contributed by atoms with Gasteiger partial charge in [0.15, 0.2) is 4.21 Å². The summed E-state index contributed by atoms with van der Waals surface area (Å²) >= 11 is 13.4. The third-order valence-electron chi connectivity index (χ3n) is 7.30.